The number of nitrogens with zero attached hydrogens (tertiary/aromatic N) is 3. The van der Waals surface area contributed by atoms with Crippen molar-refractivity contribution in [3.8, 4) is 5.75 Å². The number of amides is 1. The summed E-state index contributed by atoms with van der Waals surface area (Å²) >= 11 is 1.48. The summed E-state index contributed by atoms with van der Waals surface area (Å²) in [6.45, 7) is 0. The molecule has 0 bridgehead atoms. The number of H-pyrrole nitrogens is 1. The third-order valence-corrected chi connectivity index (χ3v) is 2.74. The summed E-state index contributed by atoms with van der Waals surface area (Å²) in [5.41, 5.74) is 0.168. The molecule has 8 heteroatoms. The Hall–Kier alpha value is -2.09. The number of thioether (sulfide) groups is 1. The van der Waals surface area contributed by atoms with Crippen LogP contribution < -0.4 is 5.32 Å². The highest BCUT2D eigenvalue weighted by Gasteiger charge is 2.13. The van der Waals surface area contributed by atoms with Gasteiger partial charge in [-0.2, -0.15) is 5.21 Å². The third kappa shape index (κ3) is 2.53. The monoisotopic (exact) mass is 251 g/mol. The Kier molecular flexibility index (Phi) is 3.24. The van der Waals surface area contributed by atoms with Gasteiger partial charge < -0.3 is 5.11 Å². The average molecular weight is 251 g/mol. The van der Waals surface area contributed by atoms with E-state index in [0.717, 1.165) is 4.90 Å². The van der Waals surface area contributed by atoms with Crippen LogP contribution in [0.1, 0.15) is 10.4 Å². The van der Waals surface area contributed by atoms with Gasteiger partial charge in [0.05, 0.1) is 5.56 Å². The highest BCUT2D eigenvalue weighted by molar-refractivity contribution is 7.98. The molecule has 0 saturated carbocycles. The second-order valence-corrected chi connectivity index (χ2v) is 3.95. The number of benzene rings is 1. The fraction of sp³-hybridized carbons (Fsp3) is 0.111. The normalized spacial score (nSPS) is 10.2. The van der Waals surface area contributed by atoms with E-state index in [1.54, 1.807) is 12.1 Å². The summed E-state index contributed by atoms with van der Waals surface area (Å²) in [7, 11) is 0. The highest BCUT2D eigenvalue weighted by atomic mass is 32.2. The third-order valence-electron chi connectivity index (χ3n) is 2.02. The largest absolute Gasteiger partial charge is 0.507 e. The van der Waals surface area contributed by atoms with Crippen LogP contribution in [0.25, 0.3) is 0 Å². The summed E-state index contributed by atoms with van der Waals surface area (Å²) in [5.74, 6) is -0.521. The maximum atomic E-state index is 11.8. The van der Waals surface area contributed by atoms with E-state index in [0.29, 0.717) is 0 Å². The molecule has 1 heterocycles. The van der Waals surface area contributed by atoms with Gasteiger partial charge in [-0.05, 0) is 29.7 Å². The molecule has 0 aliphatic carbocycles. The molecule has 88 valence electrons. The Labute approximate surface area is 101 Å². The molecule has 2 rings (SSSR count). The molecular weight excluding hydrogens is 242 g/mol. The van der Waals surface area contributed by atoms with Crippen LogP contribution in [-0.4, -0.2) is 37.9 Å². The van der Waals surface area contributed by atoms with Gasteiger partial charge in [0.15, 0.2) is 0 Å². The lowest BCUT2D eigenvalue weighted by atomic mass is 10.2. The molecule has 0 saturated heterocycles. The van der Waals surface area contributed by atoms with Crippen molar-refractivity contribution in [3.63, 3.8) is 0 Å². The van der Waals surface area contributed by atoms with Gasteiger partial charge in [-0.15, -0.1) is 16.9 Å². The summed E-state index contributed by atoms with van der Waals surface area (Å²) < 4.78 is 0. The van der Waals surface area contributed by atoms with Crippen LogP contribution >= 0.6 is 11.8 Å². The predicted molar refractivity (Wildman–Crippen MR) is 62.0 cm³/mol. The topological polar surface area (TPSA) is 104 Å². The van der Waals surface area contributed by atoms with Gasteiger partial charge >= 0.3 is 0 Å². The standard InChI is InChI=1S/C9H9N5O2S/c1-17-5-2-3-7(15)6(4-5)8(16)10-9-11-13-14-12-9/h2-4,15H,1H3,(H2,10,11,12,13,14,16). The van der Waals surface area contributed by atoms with Gasteiger partial charge in [-0.1, -0.05) is 5.10 Å². The van der Waals surface area contributed by atoms with Crippen molar-refractivity contribution in [2.24, 2.45) is 0 Å². The minimum absolute atomic E-state index is 0.0592. The number of hydrogen-bond acceptors (Lipinski definition) is 6. The summed E-state index contributed by atoms with van der Waals surface area (Å²) in [5, 5.41) is 24.7. The van der Waals surface area contributed by atoms with E-state index >= 15 is 0 Å². The van der Waals surface area contributed by atoms with E-state index in [-0.39, 0.29) is 17.3 Å². The molecule has 0 aliphatic rings. The number of carbonyl (C=O) groups is 1. The quantitative estimate of drug-likeness (QED) is 0.699. The van der Waals surface area contributed by atoms with Crippen LogP contribution in [0, 0.1) is 0 Å². The zero-order valence-electron chi connectivity index (χ0n) is 8.84. The minimum atomic E-state index is -0.486. The molecule has 1 aromatic heterocycles. The molecule has 1 amide bonds. The van der Waals surface area contributed by atoms with Gasteiger partial charge in [0.2, 0.25) is 0 Å². The van der Waals surface area contributed by atoms with Crippen molar-refractivity contribution >= 4 is 23.6 Å². The molecule has 0 radical (unpaired) electrons. The minimum Gasteiger partial charge on any atom is -0.507 e. The van der Waals surface area contributed by atoms with Crippen LogP contribution in [0.3, 0.4) is 0 Å². The van der Waals surface area contributed by atoms with E-state index in [2.05, 4.69) is 25.9 Å². The number of phenols is 1. The van der Waals surface area contributed by atoms with E-state index in [4.69, 9.17) is 0 Å². The predicted octanol–water partition coefficient (Wildman–Crippen LogP) is 0.879. The SMILES string of the molecule is CSc1ccc(O)c(C(=O)Nc2nn[nH]n2)c1. The number of rotatable bonds is 3. The maximum absolute atomic E-state index is 11.8. The van der Waals surface area contributed by atoms with Gasteiger partial charge in [-0.25, -0.2) is 0 Å². The van der Waals surface area contributed by atoms with Gasteiger partial charge in [0.25, 0.3) is 11.9 Å². The lowest BCUT2D eigenvalue weighted by molar-refractivity contribution is 0.102. The van der Waals surface area contributed by atoms with Crippen molar-refractivity contribution in [3.05, 3.63) is 23.8 Å². The van der Waals surface area contributed by atoms with Crippen LogP contribution in [-0.2, 0) is 0 Å². The van der Waals surface area contributed by atoms with Crippen molar-refractivity contribution in [2.75, 3.05) is 11.6 Å². The van der Waals surface area contributed by atoms with Crippen LogP contribution in [0.4, 0.5) is 5.95 Å². The average Bonchev–Trinajstić information content (AvgIpc) is 2.82. The summed E-state index contributed by atoms with van der Waals surface area (Å²) in [4.78, 5) is 12.7. The lowest BCUT2D eigenvalue weighted by Crippen LogP contribution is -2.13. The molecule has 2 aromatic rings. The zero-order valence-corrected chi connectivity index (χ0v) is 9.65. The Morgan fingerprint density at radius 3 is 3.00 bits per heavy atom. The molecule has 0 aliphatic heterocycles. The van der Waals surface area contributed by atoms with Gasteiger partial charge in [0, 0.05) is 4.90 Å². The number of tetrazole rings is 1. The van der Waals surface area contributed by atoms with E-state index in [9.17, 15) is 9.90 Å². The first-order valence-corrected chi connectivity index (χ1v) is 5.85. The number of nitrogens with one attached hydrogen (secondary N) is 2. The van der Waals surface area contributed by atoms with Crippen LogP contribution in [0.15, 0.2) is 23.1 Å². The molecule has 0 fully saturated rings. The first-order valence-electron chi connectivity index (χ1n) is 4.62. The molecule has 1 aromatic carbocycles. The molecule has 0 atom stereocenters. The Bertz CT molecular complexity index is 528. The fourth-order valence-corrected chi connectivity index (χ4v) is 1.65. The Morgan fingerprint density at radius 2 is 2.35 bits per heavy atom. The van der Waals surface area contributed by atoms with Gasteiger partial charge in [0.1, 0.15) is 5.75 Å². The second kappa shape index (κ2) is 4.83. The first-order chi connectivity index (χ1) is 8.20. The number of aromatic nitrogens is 4. The smallest absolute Gasteiger partial charge is 0.270 e. The Balaban J connectivity index is 2.24. The number of aromatic amines is 1. The van der Waals surface area contributed by atoms with Crippen molar-refractivity contribution in [1.29, 1.82) is 0 Å². The molecule has 0 spiro atoms. The van der Waals surface area contributed by atoms with Crippen LogP contribution in [0.5, 0.6) is 5.75 Å². The number of phenolic OH excluding ortho intramolecular Hbond substituents is 1. The Morgan fingerprint density at radius 1 is 1.53 bits per heavy atom. The second-order valence-electron chi connectivity index (χ2n) is 3.07. The lowest BCUT2D eigenvalue weighted by Gasteiger charge is -2.05. The molecule has 3 N–H and O–H groups in total. The van der Waals surface area contributed by atoms with E-state index < -0.39 is 5.91 Å². The highest BCUT2D eigenvalue weighted by Crippen LogP contribution is 2.24. The van der Waals surface area contributed by atoms with Crippen molar-refractivity contribution in [2.45, 2.75) is 4.90 Å². The van der Waals surface area contributed by atoms with E-state index in [1.165, 1.54) is 17.8 Å². The zero-order chi connectivity index (χ0) is 12.3. The maximum Gasteiger partial charge on any atom is 0.270 e. The molecular formula is C9H9N5O2S. The fourth-order valence-electron chi connectivity index (χ4n) is 1.21. The first kappa shape index (κ1) is 11.4. The van der Waals surface area contributed by atoms with Crippen LogP contribution in [0.2, 0.25) is 0 Å². The number of anilines is 1. The molecule has 7 nitrogen and oxygen atoms in total. The van der Waals surface area contributed by atoms with E-state index in [1.807, 2.05) is 6.26 Å². The summed E-state index contributed by atoms with van der Waals surface area (Å²) in [6, 6.07) is 4.79. The number of carbonyl (C=O) groups excluding carboxylic acids is 1. The van der Waals surface area contributed by atoms with Crippen molar-refractivity contribution < 1.29 is 9.90 Å². The van der Waals surface area contributed by atoms with Gasteiger partial charge in [-0.3, -0.25) is 10.1 Å². The molecule has 0 unspecified atom stereocenters. The van der Waals surface area contributed by atoms with Crippen molar-refractivity contribution in [1.82, 2.24) is 20.6 Å². The molecule has 17 heavy (non-hydrogen) atoms. The summed E-state index contributed by atoms with van der Waals surface area (Å²) in [6.07, 6.45) is 1.88. The number of aromatic hydroxyl groups is 1. The number of hydrogen-bond donors (Lipinski definition) is 3.